The number of benzene rings is 1. The summed E-state index contributed by atoms with van der Waals surface area (Å²) in [7, 11) is 0. The van der Waals surface area contributed by atoms with Crippen molar-refractivity contribution in [2.45, 2.75) is 6.92 Å². The lowest BCUT2D eigenvalue weighted by molar-refractivity contribution is 0.102. The third kappa shape index (κ3) is 2.87. The predicted molar refractivity (Wildman–Crippen MR) is 75.5 cm³/mol. The van der Waals surface area contributed by atoms with Crippen LogP contribution in [0.25, 0.3) is 0 Å². The molecule has 4 nitrogen and oxygen atoms in total. The summed E-state index contributed by atoms with van der Waals surface area (Å²) in [4.78, 5) is 16.0. The first-order valence-electron chi connectivity index (χ1n) is 5.35. The SMILES string of the molecule is Cc1cc(C(=O)Nc2ccc(N)cn2)ccc1Br. The smallest absolute Gasteiger partial charge is 0.256 e. The van der Waals surface area contributed by atoms with Crippen molar-refractivity contribution >= 4 is 33.3 Å². The summed E-state index contributed by atoms with van der Waals surface area (Å²) in [5.74, 6) is 0.289. The first kappa shape index (κ1) is 12.6. The van der Waals surface area contributed by atoms with Gasteiger partial charge in [0.2, 0.25) is 0 Å². The molecule has 0 saturated carbocycles. The van der Waals surface area contributed by atoms with Crippen molar-refractivity contribution in [1.29, 1.82) is 0 Å². The van der Waals surface area contributed by atoms with Gasteiger partial charge in [-0.2, -0.15) is 0 Å². The monoisotopic (exact) mass is 305 g/mol. The maximum Gasteiger partial charge on any atom is 0.256 e. The number of aromatic nitrogens is 1. The minimum Gasteiger partial charge on any atom is -0.397 e. The van der Waals surface area contributed by atoms with Crippen molar-refractivity contribution in [3.05, 3.63) is 52.1 Å². The topological polar surface area (TPSA) is 68.0 Å². The minimum atomic E-state index is -0.192. The van der Waals surface area contributed by atoms with Crippen molar-refractivity contribution in [2.75, 3.05) is 11.1 Å². The van der Waals surface area contributed by atoms with Crippen LogP contribution in [-0.4, -0.2) is 10.9 Å². The molecule has 0 saturated heterocycles. The van der Waals surface area contributed by atoms with Crippen LogP contribution in [0.2, 0.25) is 0 Å². The summed E-state index contributed by atoms with van der Waals surface area (Å²) in [6, 6.07) is 8.77. The predicted octanol–water partition coefficient (Wildman–Crippen LogP) is 2.99. The summed E-state index contributed by atoms with van der Waals surface area (Å²) >= 11 is 3.40. The molecule has 0 atom stereocenters. The highest BCUT2D eigenvalue weighted by Gasteiger charge is 2.07. The highest BCUT2D eigenvalue weighted by Crippen LogP contribution is 2.18. The molecule has 92 valence electrons. The number of amides is 1. The van der Waals surface area contributed by atoms with Gasteiger partial charge in [0.15, 0.2) is 0 Å². The van der Waals surface area contributed by atoms with E-state index in [1.54, 1.807) is 18.2 Å². The molecule has 1 aromatic heterocycles. The maximum atomic E-state index is 12.0. The summed E-state index contributed by atoms with van der Waals surface area (Å²) in [5, 5.41) is 2.71. The molecular formula is C13H12BrN3O. The number of hydrogen-bond acceptors (Lipinski definition) is 3. The summed E-state index contributed by atoms with van der Waals surface area (Å²) in [6.07, 6.45) is 1.50. The van der Waals surface area contributed by atoms with E-state index < -0.39 is 0 Å². The number of hydrogen-bond donors (Lipinski definition) is 2. The third-order valence-electron chi connectivity index (χ3n) is 2.45. The number of nitrogens with one attached hydrogen (secondary N) is 1. The van der Waals surface area contributed by atoms with Gasteiger partial charge in [-0.05, 0) is 42.8 Å². The Kier molecular flexibility index (Phi) is 3.62. The van der Waals surface area contributed by atoms with E-state index in [1.165, 1.54) is 6.20 Å². The highest BCUT2D eigenvalue weighted by atomic mass is 79.9. The fourth-order valence-electron chi connectivity index (χ4n) is 1.45. The fourth-order valence-corrected chi connectivity index (χ4v) is 1.70. The molecule has 1 amide bonds. The van der Waals surface area contributed by atoms with Gasteiger partial charge in [0, 0.05) is 10.0 Å². The Morgan fingerprint density at radius 2 is 2.11 bits per heavy atom. The summed E-state index contributed by atoms with van der Waals surface area (Å²) in [5.41, 5.74) is 7.69. The largest absolute Gasteiger partial charge is 0.397 e. The average Bonchev–Trinajstić information content (AvgIpc) is 2.35. The van der Waals surface area contributed by atoms with Gasteiger partial charge in [0.1, 0.15) is 5.82 Å². The van der Waals surface area contributed by atoms with Gasteiger partial charge in [-0.3, -0.25) is 4.79 Å². The number of pyridine rings is 1. The van der Waals surface area contributed by atoms with Gasteiger partial charge in [-0.1, -0.05) is 15.9 Å². The second-order valence-corrected chi connectivity index (χ2v) is 4.75. The van der Waals surface area contributed by atoms with E-state index in [4.69, 9.17) is 5.73 Å². The lowest BCUT2D eigenvalue weighted by Gasteiger charge is -2.06. The van der Waals surface area contributed by atoms with E-state index in [9.17, 15) is 4.79 Å². The maximum absolute atomic E-state index is 12.0. The third-order valence-corrected chi connectivity index (χ3v) is 3.34. The van der Waals surface area contributed by atoms with E-state index in [2.05, 4.69) is 26.2 Å². The highest BCUT2D eigenvalue weighted by molar-refractivity contribution is 9.10. The quantitative estimate of drug-likeness (QED) is 0.896. The normalized spacial score (nSPS) is 10.1. The number of halogens is 1. The number of carbonyl (C=O) groups excluding carboxylic acids is 1. The van der Waals surface area contributed by atoms with Crippen LogP contribution in [-0.2, 0) is 0 Å². The molecule has 18 heavy (non-hydrogen) atoms. The molecule has 0 bridgehead atoms. The van der Waals surface area contributed by atoms with Crippen molar-refractivity contribution < 1.29 is 4.79 Å². The molecule has 3 N–H and O–H groups in total. The van der Waals surface area contributed by atoms with Crippen molar-refractivity contribution in [3.8, 4) is 0 Å². The zero-order chi connectivity index (χ0) is 13.1. The molecule has 0 aliphatic rings. The number of rotatable bonds is 2. The lowest BCUT2D eigenvalue weighted by Crippen LogP contribution is -2.13. The number of carbonyl (C=O) groups is 1. The molecule has 2 aromatic rings. The van der Waals surface area contributed by atoms with Gasteiger partial charge in [-0.15, -0.1) is 0 Å². The van der Waals surface area contributed by atoms with E-state index in [-0.39, 0.29) is 5.91 Å². The van der Waals surface area contributed by atoms with Crippen molar-refractivity contribution in [3.63, 3.8) is 0 Å². The fraction of sp³-hybridized carbons (Fsp3) is 0.0769. The first-order valence-corrected chi connectivity index (χ1v) is 6.14. The van der Waals surface area contributed by atoms with E-state index in [1.807, 2.05) is 19.1 Å². The Labute approximate surface area is 113 Å². The van der Waals surface area contributed by atoms with Gasteiger partial charge in [0.25, 0.3) is 5.91 Å². The van der Waals surface area contributed by atoms with E-state index in [0.29, 0.717) is 17.1 Å². The second-order valence-electron chi connectivity index (χ2n) is 3.89. The molecule has 1 heterocycles. The number of nitrogen functional groups attached to an aromatic ring is 1. The molecule has 2 rings (SSSR count). The Morgan fingerprint density at radius 1 is 1.33 bits per heavy atom. The van der Waals surface area contributed by atoms with Gasteiger partial charge in [-0.25, -0.2) is 4.98 Å². The zero-order valence-corrected chi connectivity index (χ0v) is 11.4. The molecular weight excluding hydrogens is 294 g/mol. The summed E-state index contributed by atoms with van der Waals surface area (Å²) < 4.78 is 0.977. The summed E-state index contributed by atoms with van der Waals surface area (Å²) in [6.45, 7) is 1.93. The molecule has 0 aliphatic carbocycles. The van der Waals surface area contributed by atoms with Gasteiger partial charge in [0.05, 0.1) is 11.9 Å². The first-order chi connectivity index (χ1) is 8.56. The zero-order valence-electron chi connectivity index (χ0n) is 9.77. The Bertz CT molecular complexity index is 581. The Hall–Kier alpha value is -1.88. The van der Waals surface area contributed by atoms with Crippen LogP contribution in [0.1, 0.15) is 15.9 Å². The van der Waals surface area contributed by atoms with Crippen LogP contribution in [0.4, 0.5) is 11.5 Å². The van der Waals surface area contributed by atoms with E-state index >= 15 is 0 Å². The Balaban J connectivity index is 2.16. The molecule has 0 radical (unpaired) electrons. The molecule has 0 fully saturated rings. The molecule has 1 aromatic carbocycles. The van der Waals surface area contributed by atoms with Crippen LogP contribution < -0.4 is 11.1 Å². The average molecular weight is 306 g/mol. The van der Waals surface area contributed by atoms with E-state index in [0.717, 1.165) is 10.0 Å². The van der Waals surface area contributed by atoms with Crippen LogP contribution >= 0.6 is 15.9 Å². The van der Waals surface area contributed by atoms with Gasteiger partial charge < -0.3 is 11.1 Å². The standard InChI is InChI=1S/C13H12BrN3O/c1-8-6-9(2-4-11(8)14)13(18)17-12-5-3-10(15)7-16-12/h2-7H,15H2,1H3,(H,16,17,18). The molecule has 0 aliphatic heterocycles. The minimum absolute atomic E-state index is 0.192. The number of aryl methyl sites for hydroxylation is 1. The molecule has 0 unspecified atom stereocenters. The van der Waals surface area contributed by atoms with Gasteiger partial charge >= 0.3 is 0 Å². The van der Waals surface area contributed by atoms with Crippen molar-refractivity contribution in [2.24, 2.45) is 0 Å². The molecule has 0 spiro atoms. The van der Waals surface area contributed by atoms with Crippen LogP contribution in [0.3, 0.4) is 0 Å². The number of nitrogens with zero attached hydrogens (tertiary/aromatic N) is 1. The molecule has 5 heteroatoms. The second kappa shape index (κ2) is 5.18. The number of nitrogens with two attached hydrogens (primary N) is 1. The van der Waals surface area contributed by atoms with Crippen LogP contribution in [0, 0.1) is 6.92 Å². The van der Waals surface area contributed by atoms with Crippen LogP contribution in [0.15, 0.2) is 41.0 Å². The number of anilines is 2. The Morgan fingerprint density at radius 3 is 2.72 bits per heavy atom. The van der Waals surface area contributed by atoms with Crippen molar-refractivity contribution in [1.82, 2.24) is 4.98 Å². The van der Waals surface area contributed by atoms with Crippen LogP contribution in [0.5, 0.6) is 0 Å². The lowest BCUT2D eigenvalue weighted by atomic mass is 10.1.